The molecule has 0 aliphatic carbocycles. The van der Waals surface area contributed by atoms with Crippen LogP contribution in [0.3, 0.4) is 0 Å². The maximum atomic E-state index is 12.9. The molecule has 0 aliphatic rings. The Morgan fingerprint density at radius 1 is 0.935 bits per heavy atom. The molecule has 0 saturated heterocycles. The highest BCUT2D eigenvalue weighted by Crippen LogP contribution is 2.12. The number of carbonyl (C=O) groups excluding carboxylic acids is 3. The molecule has 0 radical (unpaired) electrons. The van der Waals surface area contributed by atoms with Gasteiger partial charge in [0.2, 0.25) is 17.7 Å². The summed E-state index contributed by atoms with van der Waals surface area (Å²) in [4.78, 5) is 49.4. The Morgan fingerprint density at radius 3 is 1.90 bits per heavy atom. The number of carboxylic acids is 1. The molecular weight excluding hydrogens is 440 g/mol. The van der Waals surface area contributed by atoms with Crippen molar-refractivity contribution in [1.29, 1.82) is 0 Å². The minimum atomic E-state index is -1.13. The zero-order valence-electron chi connectivity index (χ0n) is 19.0. The lowest BCUT2D eigenvalue weighted by molar-refractivity contribution is -0.144. The standard InChI is InChI=1S/C20H38N4O5S2/c1-6-11(3)15(19(27)24-16(20(28)29)12(4)7-2)23-18(26)14(10-30)22-17(25)13(21)8-9-31-5/h11-16,30H,6-10,21H2,1-5H3,(H,22,25)(H,23,26)(H,24,27)(H,28,29). The molecular formula is C20H38N4O5S2. The summed E-state index contributed by atoms with van der Waals surface area (Å²) in [6, 6.07) is -3.73. The first-order chi connectivity index (χ1) is 14.5. The predicted molar refractivity (Wildman–Crippen MR) is 127 cm³/mol. The number of carbonyl (C=O) groups is 4. The first kappa shape index (κ1) is 29.5. The van der Waals surface area contributed by atoms with Gasteiger partial charge < -0.3 is 26.8 Å². The molecule has 6 unspecified atom stereocenters. The summed E-state index contributed by atoms with van der Waals surface area (Å²) in [7, 11) is 0. The van der Waals surface area contributed by atoms with Crippen molar-refractivity contribution in [3.05, 3.63) is 0 Å². The quantitative estimate of drug-likeness (QED) is 0.189. The van der Waals surface area contributed by atoms with Crippen LogP contribution in [0.4, 0.5) is 0 Å². The van der Waals surface area contributed by atoms with E-state index in [0.717, 1.165) is 0 Å². The van der Waals surface area contributed by atoms with Gasteiger partial charge in [0, 0.05) is 5.75 Å². The average Bonchev–Trinajstić information content (AvgIpc) is 2.75. The molecule has 31 heavy (non-hydrogen) atoms. The SMILES string of the molecule is CCC(C)C(NC(=O)C(NC(=O)C(CS)NC(=O)C(N)CCSC)C(C)CC)C(=O)O. The van der Waals surface area contributed by atoms with Crippen molar-refractivity contribution in [3.63, 3.8) is 0 Å². The summed E-state index contributed by atoms with van der Waals surface area (Å²) in [5, 5.41) is 17.2. The Hall–Kier alpha value is -1.46. The number of hydrogen-bond donors (Lipinski definition) is 6. The van der Waals surface area contributed by atoms with Crippen molar-refractivity contribution in [2.75, 3.05) is 17.8 Å². The van der Waals surface area contributed by atoms with E-state index < -0.39 is 47.9 Å². The number of nitrogens with one attached hydrogen (secondary N) is 3. The molecule has 0 aromatic heterocycles. The molecule has 0 aliphatic heterocycles. The molecule has 0 rings (SSSR count). The minimum absolute atomic E-state index is 0.0201. The molecule has 0 aromatic carbocycles. The Bertz CT molecular complexity index is 608. The van der Waals surface area contributed by atoms with Crippen LogP contribution in [-0.4, -0.2) is 70.7 Å². The molecule has 3 amide bonds. The number of thioether (sulfide) groups is 1. The molecule has 0 saturated carbocycles. The average molecular weight is 479 g/mol. The number of amides is 3. The zero-order valence-corrected chi connectivity index (χ0v) is 20.7. The van der Waals surface area contributed by atoms with Gasteiger partial charge in [-0.05, 0) is 30.3 Å². The van der Waals surface area contributed by atoms with Crippen molar-refractivity contribution in [3.8, 4) is 0 Å². The van der Waals surface area contributed by atoms with E-state index in [0.29, 0.717) is 25.0 Å². The fraction of sp³-hybridized carbons (Fsp3) is 0.800. The van der Waals surface area contributed by atoms with Gasteiger partial charge in [-0.3, -0.25) is 14.4 Å². The van der Waals surface area contributed by atoms with Crippen LogP contribution < -0.4 is 21.7 Å². The minimum Gasteiger partial charge on any atom is -0.480 e. The molecule has 6 atom stereocenters. The van der Waals surface area contributed by atoms with Crippen molar-refractivity contribution in [2.24, 2.45) is 17.6 Å². The van der Waals surface area contributed by atoms with Crippen LogP contribution in [0.5, 0.6) is 0 Å². The molecule has 0 heterocycles. The van der Waals surface area contributed by atoms with Crippen molar-refractivity contribution >= 4 is 48.1 Å². The predicted octanol–water partition coefficient (Wildman–Crippen LogP) is 0.628. The molecule has 0 aromatic rings. The van der Waals surface area contributed by atoms with Crippen LogP contribution in [0.25, 0.3) is 0 Å². The van der Waals surface area contributed by atoms with Crippen molar-refractivity contribution < 1.29 is 24.3 Å². The maximum Gasteiger partial charge on any atom is 0.326 e. The van der Waals surface area contributed by atoms with Crippen LogP contribution in [0, 0.1) is 11.8 Å². The van der Waals surface area contributed by atoms with Gasteiger partial charge in [-0.2, -0.15) is 24.4 Å². The van der Waals surface area contributed by atoms with Gasteiger partial charge in [0.15, 0.2) is 0 Å². The summed E-state index contributed by atoms with van der Waals surface area (Å²) in [6.45, 7) is 7.23. The lowest BCUT2D eigenvalue weighted by Gasteiger charge is -2.29. The number of rotatable bonds is 15. The second-order valence-electron chi connectivity index (χ2n) is 7.71. The van der Waals surface area contributed by atoms with Gasteiger partial charge in [0.25, 0.3) is 0 Å². The van der Waals surface area contributed by atoms with Crippen LogP contribution in [0.15, 0.2) is 0 Å². The van der Waals surface area contributed by atoms with Gasteiger partial charge in [-0.25, -0.2) is 4.79 Å². The lowest BCUT2D eigenvalue weighted by atomic mass is 9.95. The third-order valence-electron chi connectivity index (χ3n) is 5.36. The van der Waals surface area contributed by atoms with Crippen molar-refractivity contribution in [2.45, 2.75) is 71.1 Å². The third-order valence-corrected chi connectivity index (χ3v) is 6.36. The number of aliphatic carboxylic acids is 1. The summed E-state index contributed by atoms with van der Waals surface area (Å²) in [5.41, 5.74) is 5.85. The topological polar surface area (TPSA) is 151 Å². The maximum absolute atomic E-state index is 12.9. The zero-order chi connectivity index (χ0) is 24.1. The fourth-order valence-corrected chi connectivity index (χ4v) is 3.48. The monoisotopic (exact) mass is 478 g/mol. The van der Waals surface area contributed by atoms with Crippen LogP contribution >= 0.6 is 24.4 Å². The molecule has 0 bridgehead atoms. The molecule has 0 spiro atoms. The first-order valence-corrected chi connectivity index (χ1v) is 12.6. The molecule has 11 heteroatoms. The molecule has 180 valence electrons. The number of thiol groups is 1. The fourth-order valence-electron chi connectivity index (χ4n) is 2.73. The normalized spacial score (nSPS) is 16.9. The van der Waals surface area contributed by atoms with Crippen LogP contribution in [-0.2, 0) is 19.2 Å². The Labute approximate surface area is 194 Å². The first-order valence-electron chi connectivity index (χ1n) is 10.5. The van der Waals surface area contributed by atoms with Gasteiger partial charge in [-0.15, -0.1) is 0 Å². The largest absolute Gasteiger partial charge is 0.480 e. The van der Waals surface area contributed by atoms with Gasteiger partial charge in [-0.1, -0.05) is 40.5 Å². The van der Waals surface area contributed by atoms with Crippen LogP contribution in [0.2, 0.25) is 0 Å². The van der Waals surface area contributed by atoms with Crippen LogP contribution in [0.1, 0.15) is 47.0 Å². The summed E-state index contributed by atoms with van der Waals surface area (Å²) in [5.74, 6) is -2.53. The number of carboxylic acid groups (broad SMARTS) is 1. The number of nitrogens with two attached hydrogens (primary N) is 1. The van der Waals surface area contributed by atoms with Gasteiger partial charge >= 0.3 is 5.97 Å². The third kappa shape index (κ3) is 10.1. The smallest absolute Gasteiger partial charge is 0.326 e. The second-order valence-corrected chi connectivity index (χ2v) is 9.06. The molecule has 9 nitrogen and oxygen atoms in total. The van der Waals surface area contributed by atoms with Gasteiger partial charge in [0.1, 0.15) is 18.1 Å². The van der Waals surface area contributed by atoms with E-state index in [9.17, 15) is 24.3 Å². The highest BCUT2D eigenvalue weighted by atomic mass is 32.2. The highest BCUT2D eigenvalue weighted by Gasteiger charge is 2.33. The Balaban J connectivity index is 5.31. The van der Waals surface area contributed by atoms with E-state index in [2.05, 4.69) is 28.6 Å². The van der Waals surface area contributed by atoms with Crippen molar-refractivity contribution in [1.82, 2.24) is 16.0 Å². The van der Waals surface area contributed by atoms with E-state index in [1.54, 1.807) is 25.6 Å². The van der Waals surface area contributed by atoms with E-state index in [1.165, 1.54) is 0 Å². The summed E-state index contributed by atoms with van der Waals surface area (Å²) in [6.07, 6.45) is 3.53. The Kier molecular flexibility index (Phi) is 14.6. The molecule has 6 N–H and O–H groups in total. The summed E-state index contributed by atoms with van der Waals surface area (Å²) < 4.78 is 0. The van der Waals surface area contributed by atoms with Gasteiger partial charge in [0.05, 0.1) is 6.04 Å². The Morgan fingerprint density at radius 2 is 1.45 bits per heavy atom. The number of hydrogen-bond acceptors (Lipinski definition) is 7. The lowest BCUT2D eigenvalue weighted by Crippen LogP contribution is -2.59. The van der Waals surface area contributed by atoms with E-state index in [-0.39, 0.29) is 17.6 Å². The second kappa shape index (κ2) is 15.4. The van der Waals surface area contributed by atoms with E-state index in [1.807, 2.05) is 20.1 Å². The summed E-state index contributed by atoms with van der Waals surface area (Å²) >= 11 is 5.71. The van der Waals surface area contributed by atoms with E-state index >= 15 is 0 Å². The highest BCUT2D eigenvalue weighted by molar-refractivity contribution is 7.98. The molecule has 0 fully saturated rings. The van der Waals surface area contributed by atoms with E-state index in [4.69, 9.17) is 5.73 Å².